The van der Waals surface area contributed by atoms with Gasteiger partial charge in [-0.1, -0.05) is 29.8 Å². The van der Waals surface area contributed by atoms with Crippen LogP contribution in [0.25, 0.3) is 0 Å². The zero-order valence-corrected chi connectivity index (χ0v) is 11.2. The zero-order valence-electron chi connectivity index (χ0n) is 11.2. The lowest BCUT2D eigenvalue weighted by molar-refractivity contribution is -0.119. The standard InChI is InChI=1S/C15H22O2/c1-12-6-5-7-13(10-12)11-14(16)8-9-15(2,3)17-4/h5-7,10H,8-9,11H2,1-4H3. The second-order valence-electron chi connectivity index (χ2n) is 5.17. The Labute approximate surface area is 104 Å². The Morgan fingerprint density at radius 3 is 2.65 bits per heavy atom. The van der Waals surface area contributed by atoms with Crippen molar-refractivity contribution in [3.05, 3.63) is 35.4 Å². The third kappa shape index (κ3) is 5.14. The summed E-state index contributed by atoms with van der Waals surface area (Å²) < 4.78 is 5.31. The number of carbonyl (C=O) groups is 1. The number of methoxy groups -OCH3 is 1. The van der Waals surface area contributed by atoms with Crippen molar-refractivity contribution in [3.63, 3.8) is 0 Å². The Balaban J connectivity index is 2.45. The molecule has 0 fully saturated rings. The summed E-state index contributed by atoms with van der Waals surface area (Å²) in [5, 5.41) is 0. The van der Waals surface area contributed by atoms with Gasteiger partial charge in [0.1, 0.15) is 5.78 Å². The van der Waals surface area contributed by atoms with Gasteiger partial charge < -0.3 is 4.74 Å². The Kier molecular flexibility index (Phi) is 4.88. The minimum Gasteiger partial charge on any atom is -0.379 e. The lowest BCUT2D eigenvalue weighted by Gasteiger charge is -2.22. The highest BCUT2D eigenvalue weighted by atomic mass is 16.5. The fourth-order valence-electron chi connectivity index (χ4n) is 1.68. The van der Waals surface area contributed by atoms with Gasteiger partial charge >= 0.3 is 0 Å². The van der Waals surface area contributed by atoms with Crippen LogP contribution < -0.4 is 0 Å². The number of aryl methyl sites for hydroxylation is 1. The molecule has 1 aromatic carbocycles. The molecule has 1 aromatic rings. The third-order valence-electron chi connectivity index (χ3n) is 3.04. The van der Waals surface area contributed by atoms with Gasteiger partial charge in [0, 0.05) is 20.0 Å². The van der Waals surface area contributed by atoms with Gasteiger partial charge in [-0.2, -0.15) is 0 Å². The average Bonchev–Trinajstić information content (AvgIpc) is 2.27. The van der Waals surface area contributed by atoms with Crippen molar-refractivity contribution < 1.29 is 9.53 Å². The summed E-state index contributed by atoms with van der Waals surface area (Å²) in [5.41, 5.74) is 2.10. The van der Waals surface area contributed by atoms with Crippen LogP contribution in [0.3, 0.4) is 0 Å². The van der Waals surface area contributed by atoms with Crippen LogP contribution in [-0.4, -0.2) is 18.5 Å². The monoisotopic (exact) mass is 234 g/mol. The molecule has 0 saturated carbocycles. The molecule has 17 heavy (non-hydrogen) atoms. The van der Waals surface area contributed by atoms with Gasteiger partial charge in [-0.15, -0.1) is 0 Å². The Bertz CT molecular complexity index is 380. The Morgan fingerprint density at radius 2 is 2.06 bits per heavy atom. The maximum Gasteiger partial charge on any atom is 0.137 e. The van der Waals surface area contributed by atoms with Crippen molar-refractivity contribution in [1.82, 2.24) is 0 Å². The van der Waals surface area contributed by atoms with E-state index in [-0.39, 0.29) is 11.4 Å². The molecule has 1 rings (SSSR count). The molecule has 2 nitrogen and oxygen atoms in total. The van der Waals surface area contributed by atoms with Crippen LogP contribution in [0, 0.1) is 6.92 Å². The molecule has 0 N–H and O–H groups in total. The lowest BCUT2D eigenvalue weighted by atomic mass is 9.97. The van der Waals surface area contributed by atoms with Gasteiger partial charge in [0.25, 0.3) is 0 Å². The fourth-order valence-corrected chi connectivity index (χ4v) is 1.68. The van der Waals surface area contributed by atoms with E-state index in [1.807, 2.05) is 39.0 Å². The molecule has 0 aliphatic heterocycles. The molecule has 0 aromatic heterocycles. The van der Waals surface area contributed by atoms with Crippen LogP contribution in [0.15, 0.2) is 24.3 Å². The van der Waals surface area contributed by atoms with Crippen molar-refractivity contribution in [2.45, 2.75) is 45.6 Å². The summed E-state index contributed by atoms with van der Waals surface area (Å²) in [5.74, 6) is 0.278. The lowest BCUT2D eigenvalue weighted by Crippen LogP contribution is -2.23. The van der Waals surface area contributed by atoms with Crippen molar-refractivity contribution in [2.75, 3.05) is 7.11 Å². The summed E-state index contributed by atoms with van der Waals surface area (Å²) in [6.45, 7) is 6.06. The molecular weight excluding hydrogens is 212 g/mol. The van der Waals surface area contributed by atoms with E-state index in [1.165, 1.54) is 5.56 Å². The number of hydrogen-bond acceptors (Lipinski definition) is 2. The average molecular weight is 234 g/mol. The van der Waals surface area contributed by atoms with Gasteiger partial charge in [-0.05, 0) is 32.8 Å². The number of benzene rings is 1. The molecule has 0 unspecified atom stereocenters. The van der Waals surface area contributed by atoms with Crippen molar-refractivity contribution in [1.29, 1.82) is 0 Å². The van der Waals surface area contributed by atoms with Gasteiger partial charge in [0.2, 0.25) is 0 Å². The van der Waals surface area contributed by atoms with Crippen LogP contribution >= 0.6 is 0 Å². The van der Waals surface area contributed by atoms with E-state index >= 15 is 0 Å². The smallest absolute Gasteiger partial charge is 0.137 e. The van der Waals surface area contributed by atoms with Crippen LogP contribution in [0.2, 0.25) is 0 Å². The van der Waals surface area contributed by atoms with E-state index < -0.39 is 0 Å². The fraction of sp³-hybridized carbons (Fsp3) is 0.533. The van der Waals surface area contributed by atoms with Crippen LogP contribution in [0.4, 0.5) is 0 Å². The van der Waals surface area contributed by atoms with Crippen molar-refractivity contribution in [2.24, 2.45) is 0 Å². The second-order valence-corrected chi connectivity index (χ2v) is 5.17. The first-order valence-electron chi connectivity index (χ1n) is 6.05. The largest absolute Gasteiger partial charge is 0.379 e. The molecule has 0 aliphatic carbocycles. The summed E-state index contributed by atoms with van der Waals surface area (Å²) in [4.78, 5) is 11.8. The molecule has 0 heterocycles. The van der Waals surface area contributed by atoms with Crippen LogP contribution in [0.1, 0.15) is 37.8 Å². The maximum atomic E-state index is 11.8. The summed E-state index contributed by atoms with van der Waals surface area (Å²) >= 11 is 0. The Hall–Kier alpha value is -1.15. The number of hydrogen-bond donors (Lipinski definition) is 0. The van der Waals surface area contributed by atoms with E-state index in [0.29, 0.717) is 12.8 Å². The highest BCUT2D eigenvalue weighted by Gasteiger charge is 2.17. The number of carbonyl (C=O) groups excluding carboxylic acids is 1. The predicted octanol–water partition coefficient (Wildman–Crippen LogP) is 3.31. The molecule has 0 radical (unpaired) electrons. The molecule has 2 heteroatoms. The predicted molar refractivity (Wildman–Crippen MR) is 70.2 cm³/mol. The number of Topliss-reactive ketones (excluding diaryl/α,β-unsaturated/α-hetero) is 1. The van der Waals surface area contributed by atoms with E-state index in [1.54, 1.807) is 7.11 Å². The third-order valence-corrected chi connectivity index (χ3v) is 3.04. The summed E-state index contributed by atoms with van der Waals surface area (Å²) in [6, 6.07) is 8.12. The van der Waals surface area contributed by atoms with E-state index in [2.05, 4.69) is 6.07 Å². The normalized spacial score (nSPS) is 11.5. The minimum absolute atomic E-state index is 0.206. The molecule has 0 amide bonds. The molecule has 0 saturated heterocycles. The first kappa shape index (κ1) is 13.9. The molecule has 0 spiro atoms. The topological polar surface area (TPSA) is 26.3 Å². The zero-order chi connectivity index (χ0) is 12.9. The quantitative estimate of drug-likeness (QED) is 0.754. The SMILES string of the molecule is COC(C)(C)CCC(=O)Cc1cccc(C)c1. The number of ether oxygens (including phenoxy) is 1. The molecular formula is C15H22O2. The summed E-state index contributed by atoms with van der Waals surface area (Å²) in [7, 11) is 1.69. The number of rotatable bonds is 6. The van der Waals surface area contributed by atoms with Gasteiger partial charge in [-0.25, -0.2) is 0 Å². The number of ketones is 1. The first-order valence-corrected chi connectivity index (χ1v) is 6.05. The van der Waals surface area contributed by atoms with E-state index in [0.717, 1.165) is 12.0 Å². The highest BCUT2D eigenvalue weighted by molar-refractivity contribution is 5.80. The highest BCUT2D eigenvalue weighted by Crippen LogP contribution is 2.16. The van der Waals surface area contributed by atoms with Crippen LogP contribution in [0.5, 0.6) is 0 Å². The minimum atomic E-state index is -0.206. The first-order chi connectivity index (χ1) is 7.93. The molecule has 0 aliphatic rings. The maximum absolute atomic E-state index is 11.8. The van der Waals surface area contributed by atoms with Crippen molar-refractivity contribution >= 4 is 5.78 Å². The van der Waals surface area contributed by atoms with Gasteiger partial charge in [0.15, 0.2) is 0 Å². The molecule has 0 bridgehead atoms. The second kappa shape index (κ2) is 5.97. The Morgan fingerprint density at radius 1 is 1.35 bits per heavy atom. The molecule has 0 atom stereocenters. The van der Waals surface area contributed by atoms with Crippen LogP contribution in [-0.2, 0) is 16.0 Å². The molecule has 94 valence electrons. The van der Waals surface area contributed by atoms with Crippen molar-refractivity contribution in [3.8, 4) is 0 Å². The summed E-state index contributed by atoms with van der Waals surface area (Å²) in [6.07, 6.45) is 1.88. The van der Waals surface area contributed by atoms with Gasteiger partial charge in [0.05, 0.1) is 5.60 Å². The van der Waals surface area contributed by atoms with Gasteiger partial charge in [-0.3, -0.25) is 4.79 Å². The van der Waals surface area contributed by atoms with E-state index in [9.17, 15) is 4.79 Å². The van der Waals surface area contributed by atoms with E-state index in [4.69, 9.17) is 4.74 Å².